The van der Waals surface area contributed by atoms with Crippen molar-refractivity contribution in [1.29, 1.82) is 0 Å². The van der Waals surface area contributed by atoms with E-state index in [2.05, 4.69) is 9.97 Å². The molecule has 0 amide bonds. The van der Waals surface area contributed by atoms with E-state index in [0.29, 0.717) is 23.2 Å². The van der Waals surface area contributed by atoms with Gasteiger partial charge in [0, 0.05) is 11.1 Å². The first kappa shape index (κ1) is 13.5. The number of nitro groups is 1. The van der Waals surface area contributed by atoms with Crippen molar-refractivity contribution < 1.29 is 10.1 Å². The van der Waals surface area contributed by atoms with Gasteiger partial charge in [0.2, 0.25) is 0 Å². The summed E-state index contributed by atoms with van der Waals surface area (Å²) >= 11 is 0. The van der Waals surface area contributed by atoms with Crippen LogP contribution in [0.15, 0.2) is 24.3 Å². The van der Waals surface area contributed by atoms with Gasteiger partial charge in [-0.25, -0.2) is 15.1 Å². The lowest BCUT2D eigenvalue weighted by atomic mass is 10.0. The molecule has 1 aromatic carbocycles. The number of aromatic hydroxyl groups is 1. The summed E-state index contributed by atoms with van der Waals surface area (Å²) in [7, 11) is 0. The molecule has 0 atom stereocenters. The van der Waals surface area contributed by atoms with Crippen LogP contribution in [0.5, 0.6) is 5.75 Å². The molecule has 20 heavy (non-hydrogen) atoms. The molecule has 1 aromatic heterocycles. The van der Waals surface area contributed by atoms with Crippen LogP contribution in [-0.4, -0.2) is 20.1 Å². The molecule has 0 fully saturated rings. The number of hydrogen-bond donors (Lipinski definition) is 3. The first-order chi connectivity index (χ1) is 9.52. The van der Waals surface area contributed by atoms with Crippen molar-refractivity contribution in [1.82, 2.24) is 9.97 Å². The summed E-state index contributed by atoms with van der Waals surface area (Å²) < 4.78 is 0. The lowest BCUT2D eigenvalue weighted by Crippen LogP contribution is -2.14. The number of aromatic nitrogens is 2. The topological polar surface area (TPSA) is 127 Å². The van der Waals surface area contributed by atoms with Crippen molar-refractivity contribution in [3.05, 3.63) is 40.1 Å². The number of nitrogens with one attached hydrogen (secondary N) is 1. The zero-order chi connectivity index (χ0) is 14.7. The standard InChI is InChI=1S/C12H13N5O3/c1-2-8-10(7-5-3-4-6-9(7)18)11(13)15-12(14-8)16-17(19)20/h3-6,18H,2H2,1H3,(H3,13,14,15,16). The van der Waals surface area contributed by atoms with E-state index in [9.17, 15) is 15.2 Å². The van der Waals surface area contributed by atoms with E-state index in [1.54, 1.807) is 18.2 Å². The monoisotopic (exact) mass is 275 g/mol. The first-order valence-corrected chi connectivity index (χ1v) is 5.88. The Hall–Kier alpha value is -2.90. The minimum atomic E-state index is -0.756. The largest absolute Gasteiger partial charge is 0.507 e. The molecular weight excluding hydrogens is 262 g/mol. The Morgan fingerprint density at radius 3 is 2.70 bits per heavy atom. The van der Waals surface area contributed by atoms with Gasteiger partial charge in [-0.1, -0.05) is 30.5 Å². The van der Waals surface area contributed by atoms with Crippen molar-refractivity contribution in [3.8, 4) is 16.9 Å². The Morgan fingerprint density at radius 1 is 1.40 bits per heavy atom. The third kappa shape index (κ3) is 2.58. The van der Waals surface area contributed by atoms with E-state index >= 15 is 0 Å². The number of rotatable bonds is 4. The summed E-state index contributed by atoms with van der Waals surface area (Å²) in [6, 6.07) is 6.64. The van der Waals surface area contributed by atoms with E-state index < -0.39 is 5.03 Å². The average molecular weight is 275 g/mol. The van der Waals surface area contributed by atoms with Crippen molar-refractivity contribution in [2.75, 3.05) is 11.2 Å². The van der Waals surface area contributed by atoms with Crippen LogP contribution in [-0.2, 0) is 6.42 Å². The number of hydrazine groups is 1. The van der Waals surface area contributed by atoms with E-state index in [-0.39, 0.29) is 17.5 Å². The molecule has 0 saturated carbocycles. The van der Waals surface area contributed by atoms with Crippen LogP contribution < -0.4 is 11.2 Å². The number of para-hydroxylation sites is 1. The van der Waals surface area contributed by atoms with E-state index in [0.717, 1.165) is 0 Å². The Kier molecular flexibility index (Phi) is 3.65. The molecule has 0 radical (unpaired) electrons. The summed E-state index contributed by atoms with van der Waals surface area (Å²) in [5, 5.41) is 19.6. The quantitative estimate of drug-likeness (QED) is 0.571. The van der Waals surface area contributed by atoms with Gasteiger partial charge in [-0.3, -0.25) is 0 Å². The number of anilines is 2. The fourth-order valence-electron chi connectivity index (χ4n) is 1.89. The van der Waals surface area contributed by atoms with Crippen molar-refractivity contribution in [2.24, 2.45) is 0 Å². The predicted octanol–water partition coefficient (Wildman–Crippen LogP) is 1.60. The summed E-state index contributed by atoms with van der Waals surface area (Å²) in [5.74, 6) is -0.0568. The molecular formula is C12H13N5O3. The number of hydrogen-bond acceptors (Lipinski definition) is 6. The fourth-order valence-corrected chi connectivity index (χ4v) is 1.89. The maximum absolute atomic E-state index is 10.4. The summed E-state index contributed by atoms with van der Waals surface area (Å²) in [6.45, 7) is 1.83. The van der Waals surface area contributed by atoms with Gasteiger partial charge in [-0.15, -0.1) is 0 Å². The average Bonchev–Trinajstić information content (AvgIpc) is 2.38. The molecule has 0 aliphatic rings. The van der Waals surface area contributed by atoms with Crippen molar-refractivity contribution in [3.63, 3.8) is 0 Å². The number of nitrogens with zero attached hydrogens (tertiary/aromatic N) is 3. The molecule has 0 aliphatic carbocycles. The zero-order valence-corrected chi connectivity index (χ0v) is 10.7. The van der Waals surface area contributed by atoms with Crippen LogP contribution in [0.4, 0.5) is 11.8 Å². The molecule has 104 valence electrons. The number of phenolic OH excluding ortho intramolecular Hbond substituents is 1. The molecule has 0 saturated heterocycles. The van der Waals surface area contributed by atoms with Gasteiger partial charge in [0.25, 0.3) is 5.95 Å². The summed E-state index contributed by atoms with van der Waals surface area (Å²) in [5.41, 5.74) is 9.22. The van der Waals surface area contributed by atoms with Gasteiger partial charge in [0.15, 0.2) is 5.03 Å². The van der Waals surface area contributed by atoms with Gasteiger partial charge in [-0.05, 0) is 12.5 Å². The SMILES string of the molecule is CCc1nc(N[N+](=O)[O-])nc(N)c1-c1ccccc1O. The first-order valence-electron chi connectivity index (χ1n) is 5.88. The number of nitrogens with two attached hydrogens (primary N) is 1. The predicted molar refractivity (Wildman–Crippen MR) is 73.5 cm³/mol. The smallest absolute Gasteiger partial charge is 0.287 e. The summed E-state index contributed by atoms with van der Waals surface area (Å²) in [4.78, 5) is 18.3. The van der Waals surface area contributed by atoms with E-state index in [1.165, 1.54) is 6.07 Å². The van der Waals surface area contributed by atoms with Crippen LogP contribution in [0.25, 0.3) is 11.1 Å². The molecule has 2 aromatic rings. The van der Waals surface area contributed by atoms with Gasteiger partial charge in [0.05, 0.1) is 5.69 Å². The second-order valence-corrected chi connectivity index (χ2v) is 3.99. The fraction of sp³-hybridized carbons (Fsp3) is 0.167. The minimum Gasteiger partial charge on any atom is -0.507 e. The number of aryl methyl sites for hydroxylation is 1. The zero-order valence-electron chi connectivity index (χ0n) is 10.7. The molecule has 0 aliphatic heterocycles. The normalized spacial score (nSPS) is 10.2. The van der Waals surface area contributed by atoms with Crippen molar-refractivity contribution >= 4 is 11.8 Å². The minimum absolute atomic E-state index is 0.0486. The van der Waals surface area contributed by atoms with E-state index in [1.807, 2.05) is 12.3 Å². The van der Waals surface area contributed by atoms with Crippen molar-refractivity contribution in [2.45, 2.75) is 13.3 Å². The molecule has 0 bridgehead atoms. The maximum atomic E-state index is 10.4. The molecule has 0 unspecified atom stereocenters. The van der Waals surface area contributed by atoms with Crippen LogP contribution in [0.1, 0.15) is 12.6 Å². The molecule has 8 nitrogen and oxygen atoms in total. The maximum Gasteiger partial charge on any atom is 0.287 e. The highest BCUT2D eigenvalue weighted by molar-refractivity contribution is 5.80. The number of phenols is 1. The molecule has 0 spiro atoms. The van der Waals surface area contributed by atoms with E-state index in [4.69, 9.17) is 5.73 Å². The third-order valence-corrected chi connectivity index (χ3v) is 2.71. The van der Waals surface area contributed by atoms with Crippen LogP contribution in [0, 0.1) is 10.1 Å². The Balaban J connectivity index is 2.59. The molecule has 1 heterocycles. The van der Waals surface area contributed by atoms with Crippen LogP contribution in [0.3, 0.4) is 0 Å². The van der Waals surface area contributed by atoms with Gasteiger partial charge >= 0.3 is 0 Å². The highest BCUT2D eigenvalue weighted by atomic mass is 16.7. The van der Waals surface area contributed by atoms with Gasteiger partial charge in [-0.2, -0.15) is 4.98 Å². The molecule has 4 N–H and O–H groups in total. The Labute approximate surface area is 114 Å². The van der Waals surface area contributed by atoms with Crippen LogP contribution >= 0.6 is 0 Å². The van der Waals surface area contributed by atoms with Crippen LogP contribution in [0.2, 0.25) is 0 Å². The summed E-state index contributed by atoms with van der Waals surface area (Å²) in [6.07, 6.45) is 0.489. The van der Waals surface area contributed by atoms with Gasteiger partial charge in [0.1, 0.15) is 11.6 Å². The molecule has 2 rings (SSSR count). The second-order valence-electron chi connectivity index (χ2n) is 3.99. The lowest BCUT2D eigenvalue weighted by Gasteiger charge is -2.12. The van der Waals surface area contributed by atoms with Gasteiger partial charge < -0.3 is 10.8 Å². The Morgan fingerprint density at radius 2 is 2.10 bits per heavy atom. The Bertz CT molecular complexity index is 660. The highest BCUT2D eigenvalue weighted by Crippen LogP contribution is 2.34. The highest BCUT2D eigenvalue weighted by Gasteiger charge is 2.17. The molecule has 8 heteroatoms. The third-order valence-electron chi connectivity index (χ3n) is 2.71. The number of benzene rings is 1. The second kappa shape index (κ2) is 5.39. The number of nitrogen functional groups attached to an aromatic ring is 1. The lowest BCUT2D eigenvalue weighted by molar-refractivity contribution is -0.446.